The zero-order valence-corrected chi connectivity index (χ0v) is 20.7. The average molecular weight is 496 g/mol. The number of hydrogen-bond donors (Lipinski definition) is 1. The lowest BCUT2D eigenvalue weighted by Crippen LogP contribution is -2.31. The van der Waals surface area contributed by atoms with Crippen LogP contribution in [-0.2, 0) is 22.4 Å². The summed E-state index contributed by atoms with van der Waals surface area (Å²) in [5.74, 6) is -0.0585. The zero-order chi connectivity index (χ0) is 25.9. The van der Waals surface area contributed by atoms with Gasteiger partial charge in [0, 0.05) is 18.5 Å². The van der Waals surface area contributed by atoms with E-state index in [1.54, 1.807) is 35.2 Å². The van der Waals surface area contributed by atoms with Crippen molar-refractivity contribution in [1.82, 2.24) is 4.90 Å². The van der Waals surface area contributed by atoms with Crippen LogP contribution in [0, 0.1) is 0 Å². The van der Waals surface area contributed by atoms with E-state index in [-0.39, 0.29) is 17.4 Å². The number of Topliss-reactive ketones (excluding diaryl/α,β-unsaturated/α-hetero) is 1. The van der Waals surface area contributed by atoms with Crippen LogP contribution in [0.2, 0.25) is 0 Å². The monoisotopic (exact) mass is 495 g/mol. The predicted molar refractivity (Wildman–Crippen MR) is 142 cm³/mol. The molecule has 6 nitrogen and oxygen atoms in total. The molecule has 0 radical (unpaired) electrons. The Bertz CT molecular complexity index is 1360. The van der Waals surface area contributed by atoms with Gasteiger partial charge in [-0.05, 0) is 60.4 Å². The number of aliphatic hydroxyl groups excluding tert-OH is 1. The van der Waals surface area contributed by atoms with E-state index in [9.17, 15) is 14.7 Å². The number of carbonyl (C=O) groups excluding carboxylic acids is 2. The van der Waals surface area contributed by atoms with Crippen molar-refractivity contribution in [3.8, 4) is 11.5 Å². The fourth-order valence-corrected chi connectivity index (χ4v) is 4.98. The summed E-state index contributed by atoms with van der Waals surface area (Å²) in [5.41, 5.74) is 3.33. The van der Waals surface area contributed by atoms with Gasteiger partial charge >= 0.3 is 0 Å². The van der Waals surface area contributed by atoms with Gasteiger partial charge in [0.05, 0.1) is 11.6 Å². The van der Waals surface area contributed by atoms with Crippen LogP contribution in [0.15, 0.2) is 91.0 Å². The molecule has 2 aliphatic rings. The van der Waals surface area contributed by atoms with Crippen LogP contribution in [0.1, 0.15) is 35.2 Å². The van der Waals surface area contributed by atoms with Crippen molar-refractivity contribution >= 4 is 17.4 Å². The third-order valence-corrected chi connectivity index (χ3v) is 6.76. The number of benzene rings is 3. The molecule has 1 N–H and O–H groups in total. The molecule has 0 aromatic heterocycles. The molecule has 6 heteroatoms. The van der Waals surface area contributed by atoms with E-state index < -0.39 is 17.7 Å². The molecule has 1 fully saturated rings. The first-order chi connectivity index (χ1) is 18.0. The van der Waals surface area contributed by atoms with Crippen molar-refractivity contribution in [2.45, 2.75) is 31.9 Å². The number of ether oxygens (including phenoxy) is 2. The van der Waals surface area contributed by atoms with E-state index in [2.05, 4.69) is 6.58 Å². The van der Waals surface area contributed by atoms with Gasteiger partial charge in [-0.3, -0.25) is 9.59 Å². The summed E-state index contributed by atoms with van der Waals surface area (Å²) >= 11 is 0. The lowest BCUT2D eigenvalue weighted by Gasteiger charge is -2.25. The minimum absolute atomic E-state index is 0.0535. The molecular formula is C31H29NO5. The predicted octanol–water partition coefficient (Wildman–Crippen LogP) is 5.24. The van der Waals surface area contributed by atoms with Crippen molar-refractivity contribution in [2.24, 2.45) is 0 Å². The number of ketones is 1. The second-order valence-electron chi connectivity index (χ2n) is 9.35. The molecule has 0 unspecified atom stereocenters. The van der Waals surface area contributed by atoms with Gasteiger partial charge in [0.15, 0.2) is 0 Å². The maximum Gasteiger partial charge on any atom is 0.295 e. The lowest BCUT2D eigenvalue weighted by molar-refractivity contribution is -0.139. The first-order valence-electron chi connectivity index (χ1n) is 12.4. The SMILES string of the molecule is C=CCOc1ccc([C@@H]2/C(=C(\O)c3ccc4c(c3)C[C@@H](C)O4)C(=O)C(=O)N2CCc2ccccc2)cc1. The highest BCUT2D eigenvalue weighted by atomic mass is 16.5. The molecule has 0 saturated carbocycles. The number of aliphatic hydroxyl groups is 1. The van der Waals surface area contributed by atoms with E-state index in [4.69, 9.17) is 9.47 Å². The highest BCUT2D eigenvalue weighted by Crippen LogP contribution is 2.41. The summed E-state index contributed by atoms with van der Waals surface area (Å²) in [5, 5.41) is 11.4. The Morgan fingerprint density at radius 1 is 1.11 bits per heavy atom. The maximum atomic E-state index is 13.4. The fraction of sp³-hybridized carbons (Fsp3) is 0.226. The summed E-state index contributed by atoms with van der Waals surface area (Å²) in [6.45, 7) is 6.35. The number of nitrogens with zero attached hydrogens (tertiary/aromatic N) is 1. The summed E-state index contributed by atoms with van der Waals surface area (Å²) in [6.07, 6.45) is 3.02. The Balaban J connectivity index is 1.54. The molecule has 3 aromatic carbocycles. The molecule has 2 atom stereocenters. The van der Waals surface area contributed by atoms with E-state index in [0.717, 1.165) is 28.9 Å². The molecule has 37 heavy (non-hydrogen) atoms. The number of rotatable bonds is 8. The zero-order valence-electron chi connectivity index (χ0n) is 20.7. The van der Waals surface area contributed by atoms with Gasteiger partial charge in [-0.25, -0.2) is 0 Å². The molecule has 5 rings (SSSR count). The van der Waals surface area contributed by atoms with Crippen molar-refractivity contribution < 1.29 is 24.2 Å². The Hall–Kier alpha value is -4.32. The molecule has 2 heterocycles. The smallest absolute Gasteiger partial charge is 0.295 e. The molecule has 0 spiro atoms. The number of carbonyl (C=O) groups is 2. The van der Waals surface area contributed by atoms with E-state index in [0.29, 0.717) is 30.9 Å². The van der Waals surface area contributed by atoms with E-state index in [1.165, 1.54) is 0 Å². The van der Waals surface area contributed by atoms with Crippen LogP contribution in [0.4, 0.5) is 0 Å². The second kappa shape index (κ2) is 10.3. The van der Waals surface area contributed by atoms with Gasteiger partial charge < -0.3 is 19.5 Å². The number of hydrogen-bond acceptors (Lipinski definition) is 5. The van der Waals surface area contributed by atoms with E-state index >= 15 is 0 Å². The number of amides is 1. The molecule has 0 aliphatic carbocycles. The van der Waals surface area contributed by atoms with Gasteiger partial charge in [-0.1, -0.05) is 55.1 Å². The lowest BCUT2D eigenvalue weighted by atomic mass is 9.94. The molecule has 3 aromatic rings. The normalized spacial score (nSPS) is 20.0. The molecule has 0 bridgehead atoms. The summed E-state index contributed by atoms with van der Waals surface area (Å²) in [6, 6.07) is 21.7. The topological polar surface area (TPSA) is 76.1 Å². The van der Waals surface area contributed by atoms with Crippen LogP contribution in [0.5, 0.6) is 11.5 Å². The van der Waals surface area contributed by atoms with Gasteiger partial charge in [-0.15, -0.1) is 0 Å². The summed E-state index contributed by atoms with van der Waals surface area (Å²) in [4.78, 5) is 28.2. The van der Waals surface area contributed by atoms with Gasteiger partial charge in [0.2, 0.25) is 0 Å². The van der Waals surface area contributed by atoms with Crippen molar-refractivity contribution in [2.75, 3.05) is 13.2 Å². The largest absolute Gasteiger partial charge is 0.507 e. The second-order valence-corrected chi connectivity index (χ2v) is 9.35. The third kappa shape index (κ3) is 4.87. The van der Waals surface area contributed by atoms with Crippen molar-refractivity contribution in [1.29, 1.82) is 0 Å². The first kappa shape index (κ1) is 24.4. The minimum atomic E-state index is -0.722. The Morgan fingerprint density at radius 3 is 2.59 bits per heavy atom. The van der Waals surface area contributed by atoms with Crippen molar-refractivity contribution in [3.05, 3.63) is 113 Å². The fourth-order valence-electron chi connectivity index (χ4n) is 4.98. The molecular weight excluding hydrogens is 466 g/mol. The maximum absolute atomic E-state index is 13.4. The van der Waals surface area contributed by atoms with Crippen LogP contribution < -0.4 is 9.47 Å². The van der Waals surface area contributed by atoms with Crippen LogP contribution in [-0.4, -0.2) is 41.0 Å². The summed E-state index contributed by atoms with van der Waals surface area (Å²) in [7, 11) is 0. The van der Waals surface area contributed by atoms with Crippen molar-refractivity contribution in [3.63, 3.8) is 0 Å². The molecule has 1 amide bonds. The first-order valence-corrected chi connectivity index (χ1v) is 12.4. The quantitative estimate of drug-likeness (QED) is 0.200. The Labute approximate surface area is 216 Å². The van der Waals surface area contributed by atoms with Gasteiger partial charge in [0.25, 0.3) is 11.7 Å². The van der Waals surface area contributed by atoms with Crippen LogP contribution in [0.3, 0.4) is 0 Å². The number of likely N-dealkylation sites (tertiary alicyclic amines) is 1. The van der Waals surface area contributed by atoms with Gasteiger partial charge in [0.1, 0.15) is 30.0 Å². The van der Waals surface area contributed by atoms with Gasteiger partial charge in [-0.2, -0.15) is 0 Å². The Morgan fingerprint density at radius 2 is 1.86 bits per heavy atom. The molecule has 188 valence electrons. The third-order valence-electron chi connectivity index (χ3n) is 6.76. The highest BCUT2D eigenvalue weighted by molar-refractivity contribution is 6.46. The molecule has 2 aliphatic heterocycles. The number of fused-ring (bicyclic) bond motifs is 1. The van der Waals surface area contributed by atoms with E-state index in [1.807, 2.05) is 55.5 Å². The molecule has 1 saturated heterocycles. The highest BCUT2D eigenvalue weighted by Gasteiger charge is 2.46. The van der Waals surface area contributed by atoms with Crippen LogP contribution >= 0.6 is 0 Å². The Kier molecular flexibility index (Phi) is 6.82. The summed E-state index contributed by atoms with van der Waals surface area (Å²) < 4.78 is 11.4. The van der Waals surface area contributed by atoms with Crippen LogP contribution in [0.25, 0.3) is 5.76 Å². The minimum Gasteiger partial charge on any atom is -0.507 e. The standard InChI is InChI=1S/C31H29NO5/c1-3-17-36-25-12-9-22(10-13-25)28-27(29(33)23-11-14-26-24(19-23)18-20(2)37-26)30(34)31(35)32(28)16-15-21-7-5-4-6-8-21/h3-14,19-20,28,33H,1,15-18H2,2H3/b29-27+/t20-,28-/m1/s1. The average Bonchev–Trinajstić information content (AvgIpc) is 3.42.